The number of esters is 1. The zero-order valence-electron chi connectivity index (χ0n) is 17.7. The van der Waals surface area contributed by atoms with Crippen molar-refractivity contribution < 1.29 is 14.3 Å². The Morgan fingerprint density at radius 1 is 1.19 bits per heavy atom. The van der Waals surface area contributed by atoms with Crippen LogP contribution in [0.5, 0.6) is 0 Å². The SMILES string of the molecule is CCOC(=O)CN(C)Cc1c(C(=O)N2CCc3ccccc3C2)nc2ccc(Cl)cn12. The summed E-state index contributed by atoms with van der Waals surface area (Å²) in [4.78, 5) is 33.7. The van der Waals surface area contributed by atoms with E-state index in [0.29, 0.717) is 48.3 Å². The molecular weight excluding hydrogens is 416 g/mol. The molecule has 0 bridgehead atoms. The van der Waals surface area contributed by atoms with Gasteiger partial charge in [-0.25, -0.2) is 4.98 Å². The predicted octanol–water partition coefficient (Wildman–Crippen LogP) is 3.18. The molecule has 0 spiro atoms. The van der Waals surface area contributed by atoms with E-state index in [0.717, 1.165) is 12.0 Å². The number of carbonyl (C=O) groups excluding carboxylic acids is 2. The standard InChI is InChI=1S/C23H25ClN4O3/c1-3-31-21(29)15-26(2)14-19-22(25-20-9-8-18(24)13-28(19)20)23(30)27-11-10-16-6-4-5-7-17(16)12-27/h4-9,13H,3,10-12,14-15H2,1-2H3. The first-order chi connectivity index (χ1) is 15.0. The van der Waals surface area contributed by atoms with Gasteiger partial charge in [-0.05, 0) is 43.7 Å². The molecule has 31 heavy (non-hydrogen) atoms. The van der Waals surface area contributed by atoms with E-state index in [2.05, 4.69) is 17.1 Å². The van der Waals surface area contributed by atoms with Gasteiger partial charge in [0.1, 0.15) is 5.65 Å². The van der Waals surface area contributed by atoms with Crippen LogP contribution in [0, 0.1) is 0 Å². The number of nitrogens with zero attached hydrogens (tertiary/aromatic N) is 4. The van der Waals surface area contributed by atoms with Crippen molar-refractivity contribution in [2.75, 3.05) is 26.7 Å². The van der Waals surface area contributed by atoms with E-state index in [9.17, 15) is 9.59 Å². The third-order valence-corrected chi connectivity index (χ3v) is 5.65. The second kappa shape index (κ2) is 9.08. The zero-order valence-corrected chi connectivity index (χ0v) is 18.4. The molecule has 0 aliphatic carbocycles. The van der Waals surface area contributed by atoms with Crippen molar-refractivity contribution in [3.63, 3.8) is 0 Å². The Kier molecular flexibility index (Phi) is 6.25. The highest BCUT2D eigenvalue weighted by Crippen LogP contribution is 2.23. The minimum atomic E-state index is -0.308. The molecule has 4 rings (SSSR count). The van der Waals surface area contributed by atoms with Crippen LogP contribution < -0.4 is 0 Å². The predicted molar refractivity (Wildman–Crippen MR) is 118 cm³/mol. The van der Waals surface area contributed by atoms with Crippen LogP contribution in [0.15, 0.2) is 42.6 Å². The van der Waals surface area contributed by atoms with Gasteiger partial charge in [0.25, 0.3) is 5.91 Å². The Balaban J connectivity index is 1.64. The Labute approximate surface area is 186 Å². The van der Waals surface area contributed by atoms with Crippen molar-refractivity contribution in [1.29, 1.82) is 0 Å². The first-order valence-corrected chi connectivity index (χ1v) is 10.7. The second-order valence-corrected chi connectivity index (χ2v) is 8.14. The minimum Gasteiger partial charge on any atom is -0.465 e. The van der Waals surface area contributed by atoms with Crippen molar-refractivity contribution in [3.05, 3.63) is 70.1 Å². The van der Waals surface area contributed by atoms with E-state index in [1.165, 1.54) is 5.56 Å². The summed E-state index contributed by atoms with van der Waals surface area (Å²) in [5.74, 6) is -0.425. The number of hydrogen-bond donors (Lipinski definition) is 0. The maximum Gasteiger partial charge on any atom is 0.320 e. The fourth-order valence-corrected chi connectivity index (χ4v) is 4.11. The maximum atomic E-state index is 13.5. The van der Waals surface area contributed by atoms with Crippen LogP contribution in [0.4, 0.5) is 0 Å². The molecule has 0 saturated heterocycles. The molecule has 1 aliphatic heterocycles. The summed E-state index contributed by atoms with van der Waals surface area (Å²) in [6, 6.07) is 11.7. The van der Waals surface area contributed by atoms with Gasteiger partial charge in [-0.1, -0.05) is 35.9 Å². The van der Waals surface area contributed by atoms with Crippen LogP contribution in [0.3, 0.4) is 0 Å². The molecule has 1 aliphatic rings. The summed E-state index contributed by atoms with van der Waals surface area (Å²) < 4.78 is 6.87. The normalized spacial score (nSPS) is 13.5. The van der Waals surface area contributed by atoms with Crippen LogP contribution in [-0.4, -0.2) is 57.8 Å². The fourth-order valence-electron chi connectivity index (χ4n) is 3.95. The summed E-state index contributed by atoms with van der Waals surface area (Å²) in [5, 5.41) is 0.546. The molecular formula is C23H25ClN4O3. The van der Waals surface area contributed by atoms with Crippen LogP contribution in [0.2, 0.25) is 5.02 Å². The molecule has 7 nitrogen and oxygen atoms in total. The Bertz CT molecular complexity index is 1130. The molecule has 3 aromatic rings. The summed E-state index contributed by atoms with van der Waals surface area (Å²) in [7, 11) is 1.81. The molecule has 0 radical (unpaired) electrons. The van der Waals surface area contributed by atoms with E-state index in [1.807, 2.05) is 33.4 Å². The maximum absolute atomic E-state index is 13.5. The Morgan fingerprint density at radius 2 is 1.97 bits per heavy atom. The molecule has 3 heterocycles. The number of hydrogen-bond acceptors (Lipinski definition) is 5. The van der Waals surface area contributed by atoms with Gasteiger partial charge < -0.3 is 14.0 Å². The summed E-state index contributed by atoms with van der Waals surface area (Å²) >= 11 is 6.21. The third kappa shape index (κ3) is 4.57. The molecule has 8 heteroatoms. The first kappa shape index (κ1) is 21.3. The Hall–Kier alpha value is -2.90. The number of likely N-dealkylation sites (N-methyl/N-ethyl adjacent to an activating group) is 1. The quantitative estimate of drug-likeness (QED) is 0.551. The second-order valence-electron chi connectivity index (χ2n) is 7.71. The number of benzene rings is 1. The number of pyridine rings is 1. The summed E-state index contributed by atoms with van der Waals surface area (Å²) in [5.41, 5.74) is 4.17. The van der Waals surface area contributed by atoms with Gasteiger partial charge in [-0.15, -0.1) is 0 Å². The molecule has 162 valence electrons. The van der Waals surface area contributed by atoms with Crippen molar-refractivity contribution in [1.82, 2.24) is 19.2 Å². The number of fused-ring (bicyclic) bond motifs is 2. The van der Waals surface area contributed by atoms with E-state index in [1.54, 1.807) is 25.3 Å². The van der Waals surface area contributed by atoms with Crippen LogP contribution >= 0.6 is 11.6 Å². The highest BCUT2D eigenvalue weighted by molar-refractivity contribution is 6.30. The average molecular weight is 441 g/mol. The third-order valence-electron chi connectivity index (χ3n) is 5.43. The van der Waals surface area contributed by atoms with Crippen molar-refractivity contribution >= 4 is 29.1 Å². The van der Waals surface area contributed by atoms with Crippen molar-refractivity contribution in [3.8, 4) is 0 Å². The van der Waals surface area contributed by atoms with Gasteiger partial charge in [0.05, 0.1) is 23.9 Å². The van der Waals surface area contributed by atoms with Gasteiger partial charge >= 0.3 is 5.97 Å². The van der Waals surface area contributed by atoms with Crippen LogP contribution in [0.25, 0.3) is 5.65 Å². The lowest BCUT2D eigenvalue weighted by Gasteiger charge is -2.28. The largest absolute Gasteiger partial charge is 0.465 e. The van der Waals surface area contributed by atoms with Crippen LogP contribution in [0.1, 0.15) is 34.2 Å². The van der Waals surface area contributed by atoms with E-state index in [-0.39, 0.29) is 18.4 Å². The van der Waals surface area contributed by atoms with Gasteiger partial charge in [0, 0.05) is 25.8 Å². The number of carbonyl (C=O) groups is 2. The first-order valence-electron chi connectivity index (χ1n) is 10.3. The molecule has 0 atom stereocenters. The van der Waals surface area contributed by atoms with Gasteiger partial charge in [0.2, 0.25) is 0 Å². The average Bonchev–Trinajstić information content (AvgIpc) is 3.10. The molecule has 0 fully saturated rings. The fraction of sp³-hybridized carbons (Fsp3) is 0.348. The number of aromatic nitrogens is 2. The summed E-state index contributed by atoms with van der Waals surface area (Å²) in [6.45, 7) is 3.78. The number of rotatable bonds is 6. The number of imidazole rings is 1. The van der Waals surface area contributed by atoms with Gasteiger partial charge in [-0.2, -0.15) is 0 Å². The molecule has 1 aromatic carbocycles. The van der Waals surface area contributed by atoms with Crippen molar-refractivity contribution in [2.24, 2.45) is 0 Å². The highest BCUT2D eigenvalue weighted by atomic mass is 35.5. The minimum absolute atomic E-state index is 0.117. The van der Waals surface area contributed by atoms with E-state index < -0.39 is 0 Å². The molecule has 2 aromatic heterocycles. The zero-order chi connectivity index (χ0) is 22.0. The van der Waals surface area contributed by atoms with Gasteiger partial charge in [-0.3, -0.25) is 14.5 Å². The van der Waals surface area contributed by atoms with E-state index in [4.69, 9.17) is 16.3 Å². The number of ether oxygens (including phenoxy) is 1. The highest BCUT2D eigenvalue weighted by Gasteiger charge is 2.27. The lowest BCUT2D eigenvalue weighted by Crippen LogP contribution is -2.37. The van der Waals surface area contributed by atoms with Gasteiger partial charge in [0.15, 0.2) is 5.69 Å². The topological polar surface area (TPSA) is 67.2 Å². The van der Waals surface area contributed by atoms with E-state index >= 15 is 0 Å². The van der Waals surface area contributed by atoms with Crippen LogP contribution in [-0.2, 0) is 29.0 Å². The lowest BCUT2D eigenvalue weighted by atomic mass is 9.99. The Morgan fingerprint density at radius 3 is 2.74 bits per heavy atom. The molecule has 1 amide bonds. The lowest BCUT2D eigenvalue weighted by molar-refractivity contribution is -0.144. The van der Waals surface area contributed by atoms with Crippen molar-refractivity contribution in [2.45, 2.75) is 26.4 Å². The monoisotopic (exact) mass is 440 g/mol. The number of amides is 1. The molecule has 0 saturated carbocycles. The number of halogens is 1. The molecule has 0 N–H and O–H groups in total. The smallest absolute Gasteiger partial charge is 0.320 e. The summed E-state index contributed by atoms with van der Waals surface area (Å²) in [6.07, 6.45) is 2.57. The molecule has 0 unspecified atom stereocenters.